The lowest BCUT2D eigenvalue weighted by Gasteiger charge is -2.32. The molecule has 0 aliphatic carbocycles. The van der Waals surface area contributed by atoms with Gasteiger partial charge in [-0.25, -0.2) is 8.42 Å². The molecule has 2 aliphatic rings. The van der Waals surface area contributed by atoms with Crippen molar-refractivity contribution in [2.24, 2.45) is 0 Å². The molecule has 3 aromatic rings. The van der Waals surface area contributed by atoms with Gasteiger partial charge < -0.3 is 9.64 Å². The fraction of sp³-hybridized carbons (Fsp3) is 0.333. The molecular weight excluding hydrogens is 506 g/mol. The third-order valence-electron chi connectivity index (χ3n) is 6.71. The number of aromatic nitrogens is 2. The number of sulfonamides is 1. The summed E-state index contributed by atoms with van der Waals surface area (Å²) < 4.78 is 31.4. The first-order valence-corrected chi connectivity index (χ1v) is 14.8. The molecule has 0 aromatic carbocycles. The van der Waals surface area contributed by atoms with Gasteiger partial charge in [-0.3, -0.25) is 14.9 Å². The van der Waals surface area contributed by atoms with Crippen LogP contribution in [0.2, 0.25) is 0 Å². The van der Waals surface area contributed by atoms with Crippen LogP contribution in [0.15, 0.2) is 61.7 Å². The zero-order valence-corrected chi connectivity index (χ0v) is 22.9. The third-order valence-corrected chi connectivity index (χ3v) is 9.16. The molecule has 2 aliphatic heterocycles. The van der Waals surface area contributed by atoms with Crippen molar-refractivity contribution in [3.63, 3.8) is 0 Å². The van der Waals surface area contributed by atoms with Crippen molar-refractivity contribution in [2.75, 3.05) is 39.5 Å². The molecule has 0 N–H and O–H groups in total. The van der Waals surface area contributed by atoms with Gasteiger partial charge in [-0.05, 0) is 31.2 Å². The van der Waals surface area contributed by atoms with E-state index in [-0.39, 0.29) is 6.10 Å². The van der Waals surface area contributed by atoms with E-state index in [1.54, 1.807) is 28.0 Å². The van der Waals surface area contributed by atoms with Crippen LogP contribution >= 0.6 is 11.3 Å². The summed E-state index contributed by atoms with van der Waals surface area (Å²) in [4.78, 5) is 15.6. The number of pyridine rings is 2. The highest BCUT2D eigenvalue weighted by Gasteiger charge is 2.27. The van der Waals surface area contributed by atoms with E-state index in [1.165, 1.54) is 11.1 Å². The number of piperazine rings is 1. The van der Waals surface area contributed by atoms with Gasteiger partial charge in [0.1, 0.15) is 11.9 Å². The average molecular weight is 538 g/mol. The lowest BCUT2D eigenvalue weighted by molar-refractivity contribution is 0.183. The summed E-state index contributed by atoms with van der Waals surface area (Å²) in [7, 11) is -1.13. The topological polar surface area (TPSA) is 78.9 Å². The Morgan fingerprint density at radius 2 is 1.95 bits per heavy atom. The number of hydrogen-bond donors (Lipinski definition) is 0. The summed E-state index contributed by atoms with van der Waals surface area (Å²) in [5.41, 5.74) is 4.98. The number of rotatable bonds is 7. The van der Waals surface area contributed by atoms with E-state index in [0.717, 1.165) is 52.6 Å². The third kappa shape index (κ3) is 5.62. The molecule has 37 heavy (non-hydrogen) atoms. The van der Waals surface area contributed by atoms with Gasteiger partial charge in [0.15, 0.2) is 0 Å². The Kier molecular flexibility index (Phi) is 7.17. The van der Waals surface area contributed by atoms with Crippen molar-refractivity contribution >= 4 is 32.6 Å². The SMILES string of the molecule is C=C1c2cc(CN3CCN(S(C)(=O)=O)CC3)sc2C(c2cncc(OC(C)c3ccccn3)c2)=CN1C. The van der Waals surface area contributed by atoms with E-state index in [0.29, 0.717) is 18.8 Å². The Bertz CT molecular complexity index is 1430. The van der Waals surface area contributed by atoms with E-state index in [2.05, 4.69) is 33.7 Å². The quantitative estimate of drug-likeness (QED) is 0.450. The van der Waals surface area contributed by atoms with Crippen LogP contribution in [0.4, 0.5) is 0 Å². The summed E-state index contributed by atoms with van der Waals surface area (Å²) in [5, 5.41) is 0. The molecule has 1 fully saturated rings. The smallest absolute Gasteiger partial charge is 0.211 e. The lowest BCUT2D eigenvalue weighted by Crippen LogP contribution is -2.47. The molecule has 194 valence electrons. The molecule has 0 spiro atoms. The molecule has 5 heterocycles. The van der Waals surface area contributed by atoms with Crippen LogP contribution in [0.1, 0.15) is 39.6 Å². The van der Waals surface area contributed by atoms with Crippen LogP contribution in [0.25, 0.3) is 11.3 Å². The van der Waals surface area contributed by atoms with Gasteiger partial charge in [-0.2, -0.15) is 4.31 Å². The minimum absolute atomic E-state index is 0.201. The summed E-state index contributed by atoms with van der Waals surface area (Å²) in [5.74, 6) is 0.686. The Labute approximate surface area is 222 Å². The van der Waals surface area contributed by atoms with E-state index in [9.17, 15) is 8.42 Å². The van der Waals surface area contributed by atoms with Crippen LogP contribution in [-0.4, -0.2) is 72.0 Å². The van der Waals surface area contributed by atoms with Gasteiger partial charge in [0.2, 0.25) is 10.0 Å². The van der Waals surface area contributed by atoms with Crippen LogP contribution in [0.5, 0.6) is 5.75 Å². The van der Waals surface area contributed by atoms with E-state index >= 15 is 0 Å². The number of ether oxygens (including phenoxy) is 1. The van der Waals surface area contributed by atoms with Crippen molar-refractivity contribution in [3.05, 3.63) is 88.3 Å². The van der Waals surface area contributed by atoms with Crippen LogP contribution in [-0.2, 0) is 16.6 Å². The van der Waals surface area contributed by atoms with Crippen LogP contribution < -0.4 is 4.74 Å². The monoisotopic (exact) mass is 537 g/mol. The summed E-state index contributed by atoms with van der Waals surface area (Å²) in [6.45, 7) is 9.56. The second-order valence-corrected chi connectivity index (χ2v) is 12.5. The number of thiophene rings is 1. The zero-order valence-electron chi connectivity index (χ0n) is 21.3. The predicted octanol–water partition coefficient (Wildman–Crippen LogP) is 4.06. The van der Waals surface area contributed by atoms with E-state index < -0.39 is 10.0 Å². The molecule has 0 amide bonds. The highest BCUT2D eigenvalue weighted by molar-refractivity contribution is 7.88. The Morgan fingerprint density at radius 1 is 1.16 bits per heavy atom. The first kappa shape index (κ1) is 25.6. The maximum Gasteiger partial charge on any atom is 0.211 e. The molecule has 5 rings (SSSR count). The maximum atomic E-state index is 11.8. The Hall–Kier alpha value is -3.05. The van der Waals surface area contributed by atoms with Gasteiger partial charge in [0.25, 0.3) is 0 Å². The molecule has 10 heteroatoms. The average Bonchev–Trinajstić information content (AvgIpc) is 3.30. The number of nitrogens with zero attached hydrogens (tertiary/aromatic N) is 5. The first-order valence-electron chi connectivity index (χ1n) is 12.2. The summed E-state index contributed by atoms with van der Waals surface area (Å²) in [6.07, 6.45) is 8.53. The second kappa shape index (κ2) is 10.4. The Balaban J connectivity index is 1.36. The summed E-state index contributed by atoms with van der Waals surface area (Å²) in [6, 6.07) is 10.0. The minimum Gasteiger partial charge on any atom is -0.483 e. The molecule has 8 nitrogen and oxygen atoms in total. The summed E-state index contributed by atoms with van der Waals surface area (Å²) >= 11 is 1.75. The molecule has 3 aromatic heterocycles. The van der Waals surface area contributed by atoms with Gasteiger partial charge >= 0.3 is 0 Å². The molecule has 1 atom stereocenters. The molecule has 0 radical (unpaired) electrons. The highest BCUT2D eigenvalue weighted by atomic mass is 32.2. The molecule has 0 bridgehead atoms. The lowest BCUT2D eigenvalue weighted by atomic mass is 9.99. The maximum absolute atomic E-state index is 11.8. The predicted molar refractivity (Wildman–Crippen MR) is 147 cm³/mol. The largest absolute Gasteiger partial charge is 0.483 e. The van der Waals surface area contributed by atoms with Crippen molar-refractivity contribution in [3.8, 4) is 5.75 Å². The van der Waals surface area contributed by atoms with Crippen molar-refractivity contribution in [1.29, 1.82) is 0 Å². The van der Waals surface area contributed by atoms with Gasteiger partial charge in [-0.1, -0.05) is 12.6 Å². The highest BCUT2D eigenvalue weighted by Crippen LogP contribution is 2.42. The minimum atomic E-state index is -3.14. The standard InChI is InChI=1S/C27H31N5O3S2/c1-19-24-14-23(17-31-9-11-32(12-10-31)37(4,33)34)36-27(24)25(18-30(19)3)21-13-22(16-28-15-21)35-20(2)26-7-5-6-8-29-26/h5-8,13-16,18,20H,1,9-12,17H2,2-4H3. The number of hydrogen-bond acceptors (Lipinski definition) is 8. The van der Waals surface area contributed by atoms with Crippen molar-refractivity contribution < 1.29 is 13.2 Å². The van der Waals surface area contributed by atoms with Crippen molar-refractivity contribution in [2.45, 2.75) is 19.6 Å². The fourth-order valence-corrected chi connectivity index (χ4v) is 6.69. The van der Waals surface area contributed by atoms with E-state index in [4.69, 9.17) is 4.74 Å². The second-order valence-electron chi connectivity index (χ2n) is 9.42. The normalized spacial score (nSPS) is 17.9. The van der Waals surface area contributed by atoms with Crippen LogP contribution in [0.3, 0.4) is 0 Å². The molecule has 0 saturated carbocycles. The Morgan fingerprint density at radius 3 is 2.65 bits per heavy atom. The molecule has 1 saturated heterocycles. The van der Waals surface area contributed by atoms with Gasteiger partial charge in [-0.15, -0.1) is 11.3 Å². The zero-order chi connectivity index (χ0) is 26.2. The number of fused-ring (bicyclic) bond motifs is 1. The molecule has 1 unspecified atom stereocenters. The fourth-order valence-electron chi connectivity index (χ4n) is 4.61. The van der Waals surface area contributed by atoms with Gasteiger partial charge in [0, 0.05) is 90.5 Å². The van der Waals surface area contributed by atoms with Crippen molar-refractivity contribution in [1.82, 2.24) is 24.1 Å². The first-order chi connectivity index (χ1) is 17.7. The van der Waals surface area contributed by atoms with Crippen LogP contribution in [0, 0.1) is 0 Å². The van der Waals surface area contributed by atoms with E-state index in [1.807, 2.05) is 49.3 Å². The van der Waals surface area contributed by atoms with Gasteiger partial charge in [0.05, 0.1) is 18.1 Å². The molecular formula is C27H31N5O3S2.